The highest BCUT2D eigenvalue weighted by Crippen LogP contribution is 2.22. The third-order valence-electron chi connectivity index (χ3n) is 2.21. The smallest absolute Gasteiger partial charge is 0.155 e. The van der Waals surface area contributed by atoms with Crippen molar-refractivity contribution in [2.45, 2.75) is 6.92 Å². The zero-order valence-corrected chi connectivity index (χ0v) is 9.62. The summed E-state index contributed by atoms with van der Waals surface area (Å²) in [6, 6.07) is 11.4. The van der Waals surface area contributed by atoms with Crippen molar-refractivity contribution in [3.63, 3.8) is 0 Å². The lowest BCUT2D eigenvalue weighted by Crippen LogP contribution is -1.99. The number of pyridine rings is 1. The summed E-state index contributed by atoms with van der Waals surface area (Å²) in [4.78, 5) is 4.12. The van der Waals surface area contributed by atoms with Gasteiger partial charge < -0.3 is 11.1 Å². The molecule has 0 spiro atoms. The van der Waals surface area contributed by atoms with Gasteiger partial charge in [-0.05, 0) is 31.2 Å². The second-order valence-electron chi connectivity index (χ2n) is 3.56. The maximum Gasteiger partial charge on any atom is 0.155 e. The van der Waals surface area contributed by atoms with Gasteiger partial charge in [-0.3, -0.25) is 0 Å². The molecular weight excluding hydrogens is 222 g/mol. The van der Waals surface area contributed by atoms with Crippen molar-refractivity contribution in [3.8, 4) is 0 Å². The van der Waals surface area contributed by atoms with Crippen LogP contribution in [-0.4, -0.2) is 4.98 Å². The molecule has 1 aromatic carbocycles. The molecule has 0 bridgehead atoms. The van der Waals surface area contributed by atoms with Crippen LogP contribution in [0.4, 0.5) is 17.2 Å². The maximum absolute atomic E-state index is 5.80. The Bertz CT molecular complexity index is 494. The molecule has 0 atom stereocenters. The van der Waals surface area contributed by atoms with Gasteiger partial charge in [0.15, 0.2) is 5.82 Å². The molecule has 1 aromatic heterocycles. The van der Waals surface area contributed by atoms with Crippen molar-refractivity contribution in [1.82, 2.24) is 4.98 Å². The third-order valence-corrected chi connectivity index (χ3v) is 2.42. The van der Waals surface area contributed by atoms with E-state index >= 15 is 0 Å². The predicted molar refractivity (Wildman–Crippen MR) is 68.1 cm³/mol. The van der Waals surface area contributed by atoms with Gasteiger partial charge in [-0.15, -0.1) is 0 Å². The summed E-state index contributed by atoms with van der Waals surface area (Å²) in [5.41, 5.74) is 8.50. The molecule has 0 unspecified atom stereocenters. The van der Waals surface area contributed by atoms with E-state index in [1.807, 2.05) is 31.2 Å². The molecule has 0 saturated carbocycles. The number of nitrogens with one attached hydrogen (secondary N) is 1. The Morgan fingerprint density at radius 3 is 2.50 bits per heavy atom. The fraction of sp³-hybridized carbons (Fsp3) is 0.0833. The van der Waals surface area contributed by atoms with Crippen LogP contribution < -0.4 is 11.1 Å². The molecule has 4 heteroatoms. The van der Waals surface area contributed by atoms with Gasteiger partial charge in [0.25, 0.3) is 0 Å². The van der Waals surface area contributed by atoms with E-state index in [0.29, 0.717) is 16.7 Å². The van der Waals surface area contributed by atoms with Gasteiger partial charge in [-0.2, -0.15) is 0 Å². The van der Waals surface area contributed by atoms with Crippen LogP contribution in [0.3, 0.4) is 0 Å². The first-order chi connectivity index (χ1) is 7.65. The van der Waals surface area contributed by atoms with Gasteiger partial charge in [0.05, 0.1) is 5.69 Å². The fourth-order valence-electron chi connectivity index (χ4n) is 1.32. The molecule has 2 rings (SSSR count). The Balaban J connectivity index is 2.26. The second-order valence-corrected chi connectivity index (χ2v) is 3.95. The Kier molecular flexibility index (Phi) is 2.97. The summed E-state index contributed by atoms with van der Waals surface area (Å²) < 4.78 is 0. The van der Waals surface area contributed by atoms with Crippen molar-refractivity contribution in [3.05, 3.63) is 47.1 Å². The lowest BCUT2D eigenvalue weighted by atomic mass is 10.2. The van der Waals surface area contributed by atoms with Crippen LogP contribution in [0.5, 0.6) is 0 Å². The molecule has 0 amide bonds. The van der Waals surface area contributed by atoms with Crippen molar-refractivity contribution in [1.29, 1.82) is 0 Å². The summed E-state index contributed by atoms with van der Waals surface area (Å²) in [7, 11) is 0. The minimum atomic E-state index is 0.420. The zero-order chi connectivity index (χ0) is 11.5. The van der Waals surface area contributed by atoms with E-state index in [1.54, 1.807) is 12.1 Å². The van der Waals surface area contributed by atoms with Gasteiger partial charge in [-0.1, -0.05) is 29.3 Å². The molecule has 16 heavy (non-hydrogen) atoms. The molecule has 1 heterocycles. The summed E-state index contributed by atoms with van der Waals surface area (Å²) in [6.45, 7) is 2.04. The first-order valence-electron chi connectivity index (χ1n) is 4.91. The highest BCUT2D eigenvalue weighted by molar-refractivity contribution is 6.29. The number of anilines is 3. The number of rotatable bonds is 2. The molecular formula is C12H12ClN3. The van der Waals surface area contributed by atoms with Crippen molar-refractivity contribution in [2.24, 2.45) is 0 Å². The molecule has 3 nitrogen and oxygen atoms in total. The van der Waals surface area contributed by atoms with Crippen molar-refractivity contribution in [2.75, 3.05) is 11.1 Å². The lowest BCUT2D eigenvalue weighted by molar-refractivity contribution is 1.31. The molecule has 3 N–H and O–H groups in total. The van der Waals surface area contributed by atoms with Gasteiger partial charge in [0.1, 0.15) is 5.15 Å². The van der Waals surface area contributed by atoms with Gasteiger partial charge in [-0.25, -0.2) is 4.98 Å². The number of aryl methyl sites for hydroxylation is 1. The van der Waals surface area contributed by atoms with E-state index in [-0.39, 0.29) is 0 Å². The standard InChI is InChI=1S/C12H12ClN3/c1-8-2-4-9(5-3-8)15-12-10(14)6-7-11(13)16-12/h2-7H,14H2,1H3,(H,15,16). The van der Waals surface area contributed by atoms with Crippen LogP contribution >= 0.6 is 11.6 Å². The summed E-state index contributed by atoms with van der Waals surface area (Å²) >= 11 is 5.80. The number of benzene rings is 1. The lowest BCUT2D eigenvalue weighted by Gasteiger charge is -2.08. The van der Waals surface area contributed by atoms with E-state index in [9.17, 15) is 0 Å². The van der Waals surface area contributed by atoms with Crippen LogP contribution in [0.15, 0.2) is 36.4 Å². The first kappa shape index (κ1) is 10.8. The Morgan fingerprint density at radius 2 is 1.81 bits per heavy atom. The Morgan fingerprint density at radius 1 is 1.12 bits per heavy atom. The number of aromatic nitrogens is 1. The highest BCUT2D eigenvalue weighted by Gasteiger charge is 2.02. The quantitative estimate of drug-likeness (QED) is 0.782. The van der Waals surface area contributed by atoms with Crippen LogP contribution in [0.2, 0.25) is 5.15 Å². The van der Waals surface area contributed by atoms with E-state index in [2.05, 4.69) is 10.3 Å². The van der Waals surface area contributed by atoms with Crippen LogP contribution in [0.25, 0.3) is 0 Å². The second kappa shape index (κ2) is 4.41. The maximum atomic E-state index is 5.80. The largest absolute Gasteiger partial charge is 0.396 e. The summed E-state index contributed by atoms with van der Waals surface area (Å²) in [5.74, 6) is 0.580. The van der Waals surface area contributed by atoms with Gasteiger partial charge in [0, 0.05) is 5.69 Å². The number of hydrogen-bond acceptors (Lipinski definition) is 3. The average Bonchev–Trinajstić information content (AvgIpc) is 2.27. The third kappa shape index (κ3) is 2.44. The SMILES string of the molecule is Cc1ccc(Nc2nc(Cl)ccc2N)cc1. The predicted octanol–water partition coefficient (Wildman–Crippen LogP) is 3.37. The van der Waals surface area contributed by atoms with Crippen LogP contribution in [0.1, 0.15) is 5.56 Å². The summed E-state index contributed by atoms with van der Waals surface area (Å²) in [6.07, 6.45) is 0. The molecule has 0 aliphatic heterocycles. The average molecular weight is 234 g/mol. The topological polar surface area (TPSA) is 50.9 Å². The number of halogens is 1. The first-order valence-corrected chi connectivity index (χ1v) is 5.28. The fourth-order valence-corrected chi connectivity index (χ4v) is 1.47. The van der Waals surface area contributed by atoms with E-state index < -0.39 is 0 Å². The van der Waals surface area contributed by atoms with Gasteiger partial charge in [0.2, 0.25) is 0 Å². The molecule has 0 radical (unpaired) electrons. The summed E-state index contributed by atoms with van der Waals surface area (Å²) in [5, 5.41) is 3.54. The zero-order valence-electron chi connectivity index (χ0n) is 8.87. The molecule has 0 aliphatic rings. The minimum absolute atomic E-state index is 0.420. The number of nitrogens with two attached hydrogens (primary N) is 1. The molecule has 0 saturated heterocycles. The monoisotopic (exact) mass is 233 g/mol. The van der Waals surface area contributed by atoms with Crippen molar-refractivity contribution >= 4 is 28.8 Å². The van der Waals surface area contributed by atoms with E-state index in [4.69, 9.17) is 17.3 Å². The molecule has 0 aliphatic carbocycles. The normalized spacial score (nSPS) is 10.1. The van der Waals surface area contributed by atoms with Crippen LogP contribution in [0, 0.1) is 6.92 Å². The Hall–Kier alpha value is -1.74. The van der Waals surface area contributed by atoms with Gasteiger partial charge >= 0.3 is 0 Å². The van der Waals surface area contributed by atoms with Crippen molar-refractivity contribution < 1.29 is 0 Å². The molecule has 2 aromatic rings. The minimum Gasteiger partial charge on any atom is -0.396 e. The molecule has 82 valence electrons. The number of nitrogen functional groups attached to an aromatic ring is 1. The highest BCUT2D eigenvalue weighted by atomic mass is 35.5. The van der Waals surface area contributed by atoms with Crippen LogP contribution in [-0.2, 0) is 0 Å². The van der Waals surface area contributed by atoms with E-state index in [0.717, 1.165) is 5.69 Å². The van der Waals surface area contributed by atoms with E-state index in [1.165, 1.54) is 5.56 Å². The molecule has 0 fully saturated rings. The Labute approximate surface area is 99.3 Å². The number of hydrogen-bond donors (Lipinski definition) is 2. The number of nitrogens with zero attached hydrogens (tertiary/aromatic N) is 1.